The molecule has 0 radical (unpaired) electrons. The average molecular weight is 538 g/mol. The first-order valence-corrected chi connectivity index (χ1v) is 13.5. The highest BCUT2D eigenvalue weighted by Crippen LogP contribution is 2.25. The van der Waals surface area contributed by atoms with Crippen LogP contribution in [-0.4, -0.2) is 39.5 Å². The second-order valence-electron chi connectivity index (χ2n) is 8.71. The number of benzene rings is 2. The van der Waals surface area contributed by atoms with Crippen LogP contribution >= 0.6 is 35.0 Å². The highest BCUT2D eigenvalue weighted by Gasteiger charge is 2.28. The molecule has 188 valence electrons. The van der Waals surface area contributed by atoms with Crippen molar-refractivity contribution in [3.63, 3.8) is 0 Å². The number of non-ortho nitro benzene ring substituents is 1. The molecule has 0 unspecified atom stereocenters. The SMILES string of the molecule is C[C@@H](C(=O)NC1CCCCC1)N(Cc1ccc(Cl)c(Cl)c1)C(=O)CSCc1ccc([N+](=O)[O-])cc1. The van der Waals surface area contributed by atoms with Crippen LogP contribution < -0.4 is 5.32 Å². The molecule has 0 bridgehead atoms. The molecule has 0 aliphatic heterocycles. The number of hydrogen-bond acceptors (Lipinski definition) is 5. The summed E-state index contributed by atoms with van der Waals surface area (Å²) in [6, 6.07) is 10.9. The Balaban J connectivity index is 1.66. The van der Waals surface area contributed by atoms with Crippen LogP contribution in [0.1, 0.15) is 50.2 Å². The normalized spacial score (nSPS) is 14.8. The molecule has 0 aromatic heterocycles. The Morgan fingerprint density at radius 2 is 1.74 bits per heavy atom. The average Bonchev–Trinajstić information content (AvgIpc) is 2.85. The van der Waals surface area contributed by atoms with Crippen molar-refractivity contribution in [2.24, 2.45) is 0 Å². The molecule has 3 rings (SSSR count). The first-order valence-electron chi connectivity index (χ1n) is 11.6. The van der Waals surface area contributed by atoms with Crippen LogP contribution in [0.2, 0.25) is 10.0 Å². The lowest BCUT2D eigenvalue weighted by molar-refractivity contribution is -0.384. The third-order valence-corrected chi connectivity index (χ3v) is 7.82. The van der Waals surface area contributed by atoms with Crippen LogP contribution in [0.15, 0.2) is 42.5 Å². The highest BCUT2D eigenvalue weighted by molar-refractivity contribution is 7.99. The predicted octanol–water partition coefficient (Wildman–Crippen LogP) is 6.00. The molecule has 1 N–H and O–H groups in total. The maximum absolute atomic E-state index is 13.2. The molecular weight excluding hydrogens is 509 g/mol. The monoisotopic (exact) mass is 537 g/mol. The van der Waals surface area contributed by atoms with Crippen molar-refractivity contribution in [2.45, 2.75) is 63.4 Å². The summed E-state index contributed by atoms with van der Waals surface area (Å²) in [6.07, 6.45) is 5.32. The molecule has 1 saturated carbocycles. The molecule has 10 heteroatoms. The molecule has 35 heavy (non-hydrogen) atoms. The van der Waals surface area contributed by atoms with Gasteiger partial charge >= 0.3 is 0 Å². The Morgan fingerprint density at radius 1 is 1.09 bits per heavy atom. The molecule has 0 saturated heterocycles. The summed E-state index contributed by atoms with van der Waals surface area (Å²) < 4.78 is 0. The molecule has 0 heterocycles. The molecule has 2 amide bonds. The Morgan fingerprint density at radius 3 is 2.37 bits per heavy atom. The van der Waals surface area contributed by atoms with Gasteiger partial charge in [-0.25, -0.2) is 0 Å². The highest BCUT2D eigenvalue weighted by atomic mass is 35.5. The Kier molecular flexibility index (Phi) is 10.2. The lowest BCUT2D eigenvalue weighted by atomic mass is 9.95. The van der Waals surface area contributed by atoms with E-state index in [9.17, 15) is 19.7 Å². The minimum atomic E-state index is -0.654. The van der Waals surface area contributed by atoms with Crippen LogP contribution in [-0.2, 0) is 21.9 Å². The van der Waals surface area contributed by atoms with Gasteiger partial charge in [-0.1, -0.05) is 60.7 Å². The zero-order chi connectivity index (χ0) is 25.4. The summed E-state index contributed by atoms with van der Waals surface area (Å²) in [4.78, 5) is 38.2. The first kappa shape index (κ1) is 27.3. The number of nitrogens with one attached hydrogen (secondary N) is 1. The van der Waals surface area contributed by atoms with E-state index in [1.165, 1.54) is 30.3 Å². The van der Waals surface area contributed by atoms with Crippen molar-refractivity contribution in [1.82, 2.24) is 10.2 Å². The molecule has 1 fully saturated rings. The molecule has 1 aliphatic carbocycles. The van der Waals surface area contributed by atoms with E-state index < -0.39 is 11.0 Å². The molecular formula is C25H29Cl2N3O4S. The summed E-state index contributed by atoms with van der Waals surface area (Å²) in [6.45, 7) is 1.97. The topological polar surface area (TPSA) is 92.6 Å². The number of amides is 2. The summed E-state index contributed by atoms with van der Waals surface area (Å²) in [5, 5.41) is 14.8. The van der Waals surface area contributed by atoms with Gasteiger partial charge in [0.15, 0.2) is 0 Å². The van der Waals surface area contributed by atoms with Gasteiger partial charge in [0.2, 0.25) is 11.8 Å². The third-order valence-electron chi connectivity index (χ3n) is 6.10. The van der Waals surface area contributed by atoms with Crippen molar-refractivity contribution in [3.05, 3.63) is 73.8 Å². The van der Waals surface area contributed by atoms with Crippen LogP contribution in [0.3, 0.4) is 0 Å². The Hall–Kier alpha value is -2.29. The number of carbonyl (C=O) groups is 2. The number of nitro groups is 1. The minimum absolute atomic E-state index is 0.0282. The van der Waals surface area contributed by atoms with Gasteiger partial charge in [-0.2, -0.15) is 0 Å². The molecule has 2 aromatic rings. The number of hydrogen-bond donors (Lipinski definition) is 1. The molecule has 2 aromatic carbocycles. The van der Waals surface area contributed by atoms with E-state index in [0.717, 1.165) is 36.8 Å². The van der Waals surface area contributed by atoms with Crippen LogP contribution in [0.5, 0.6) is 0 Å². The summed E-state index contributed by atoms with van der Waals surface area (Å²) >= 11 is 13.6. The fourth-order valence-electron chi connectivity index (χ4n) is 4.04. The van der Waals surface area contributed by atoms with Gasteiger partial charge in [-0.05, 0) is 43.0 Å². The van der Waals surface area contributed by atoms with Gasteiger partial charge in [0.1, 0.15) is 6.04 Å². The number of thioether (sulfide) groups is 1. The molecule has 1 atom stereocenters. The van der Waals surface area contributed by atoms with E-state index >= 15 is 0 Å². The molecule has 1 aliphatic rings. The summed E-state index contributed by atoms with van der Waals surface area (Å²) in [5.74, 6) is 0.353. The number of halogens is 2. The quantitative estimate of drug-likeness (QED) is 0.296. The third kappa shape index (κ3) is 8.12. The number of carbonyl (C=O) groups excluding carboxylic acids is 2. The minimum Gasteiger partial charge on any atom is -0.352 e. The standard InChI is InChI=1S/C25H29Cl2N3O4S/c1-17(25(32)28-20-5-3-2-4-6-20)29(14-19-9-12-22(26)23(27)13-19)24(31)16-35-15-18-7-10-21(11-8-18)30(33)34/h7-13,17,20H,2-6,14-16H2,1H3,(H,28,32)/t17-/m0/s1. The van der Waals surface area contributed by atoms with Gasteiger partial charge in [-0.15, -0.1) is 11.8 Å². The van der Waals surface area contributed by atoms with E-state index in [1.807, 2.05) is 0 Å². The van der Waals surface area contributed by atoms with Crippen molar-refractivity contribution < 1.29 is 14.5 Å². The lowest BCUT2D eigenvalue weighted by Gasteiger charge is -2.31. The Bertz CT molecular complexity index is 1050. The van der Waals surface area contributed by atoms with E-state index in [1.54, 1.807) is 42.2 Å². The van der Waals surface area contributed by atoms with E-state index in [4.69, 9.17) is 23.2 Å². The Labute approximate surface area is 219 Å². The van der Waals surface area contributed by atoms with Crippen LogP contribution in [0.4, 0.5) is 5.69 Å². The maximum Gasteiger partial charge on any atom is 0.269 e. The van der Waals surface area contributed by atoms with Gasteiger partial charge in [0.05, 0.1) is 20.7 Å². The summed E-state index contributed by atoms with van der Waals surface area (Å²) in [7, 11) is 0. The van der Waals surface area contributed by atoms with Gasteiger partial charge in [0, 0.05) is 30.5 Å². The second kappa shape index (κ2) is 13.1. The molecule has 0 spiro atoms. The van der Waals surface area contributed by atoms with Gasteiger partial charge < -0.3 is 10.2 Å². The van der Waals surface area contributed by atoms with Crippen LogP contribution in [0, 0.1) is 10.1 Å². The van der Waals surface area contributed by atoms with Crippen molar-refractivity contribution in [2.75, 3.05) is 5.75 Å². The van der Waals surface area contributed by atoms with E-state index in [0.29, 0.717) is 15.8 Å². The van der Waals surface area contributed by atoms with Crippen LogP contribution in [0.25, 0.3) is 0 Å². The lowest BCUT2D eigenvalue weighted by Crippen LogP contribution is -2.50. The number of nitrogens with zero attached hydrogens (tertiary/aromatic N) is 2. The van der Waals surface area contributed by atoms with E-state index in [2.05, 4.69) is 5.32 Å². The first-order chi connectivity index (χ1) is 16.7. The zero-order valence-corrected chi connectivity index (χ0v) is 21.9. The van der Waals surface area contributed by atoms with Gasteiger partial charge in [-0.3, -0.25) is 19.7 Å². The predicted molar refractivity (Wildman–Crippen MR) is 141 cm³/mol. The van der Waals surface area contributed by atoms with Crippen molar-refractivity contribution in [3.8, 4) is 0 Å². The van der Waals surface area contributed by atoms with Crippen molar-refractivity contribution >= 4 is 52.5 Å². The zero-order valence-electron chi connectivity index (χ0n) is 19.5. The van der Waals surface area contributed by atoms with Gasteiger partial charge in [0.25, 0.3) is 5.69 Å². The van der Waals surface area contributed by atoms with E-state index in [-0.39, 0.29) is 35.8 Å². The second-order valence-corrected chi connectivity index (χ2v) is 10.5. The smallest absolute Gasteiger partial charge is 0.269 e. The largest absolute Gasteiger partial charge is 0.352 e. The summed E-state index contributed by atoms with van der Waals surface area (Å²) in [5.41, 5.74) is 1.69. The fraction of sp³-hybridized carbons (Fsp3) is 0.440. The number of nitro benzene ring substituents is 1. The fourth-order valence-corrected chi connectivity index (χ4v) is 5.23. The number of rotatable bonds is 10. The maximum atomic E-state index is 13.2. The van der Waals surface area contributed by atoms with Crippen molar-refractivity contribution in [1.29, 1.82) is 0 Å². The molecule has 7 nitrogen and oxygen atoms in total.